The van der Waals surface area contributed by atoms with Gasteiger partial charge in [-0.3, -0.25) is 0 Å². The molecule has 2 heteroatoms. The molecule has 0 heterocycles. The predicted octanol–water partition coefficient (Wildman–Crippen LogP) is 2.98. The molecular formula is C14H27NO. The molecule has 1 aliphatic carbocycles. The van der Waals surface area contributed by atoms with Gasteiger partial charge in [-0.25, -0.2) is 0 Å². The minimum absolute atomic E-state index is 0.0218. The molecule has 0 aromatic heterocycles. The van der Waals surface area contributed by atoms with Crippen molar-refractivity contribution in [1.29, 1.82) is 0 Å². The summed E-state index contributed by atoms with van der Waals surface area (Å²) in [6, 6.07) is 0.0218. The van der Waals surface area contributed by atoms with Crippen molar-refractivity contribution >= 4 is 0 Å². The largest absolute Gasteiger partial charge is 0.383 e. The van der Waals surface area contributed by atoms with Crippen LogP contribution in [0.2, 0.25) is 0 Å². The van der Waals surface area contributed by atoms with E-state index in [2.05, 4.69) is 39.8 Å². The zero-order valence-corrected chi connectivity index (χ0v) is 11.4. The maximum atomic E-state index is 5.93. The lowest BCUT2D eigenvalue weighted by atomic mass is 9.66. The Morgan fingerprint density at radius 2 is 2.06 bits per heavy atom. The summed E-state index contributed by atoms with van der Waals surface area (Å²) in [6.45, 7) is 10.1. The number of hydrogen-bond acceptors (Lipinski definition) is 2. The van der Waals surface area contributed by atoms with Crippen LogP contribution < -0.4 is 5.73 Å². The molecule has 94 valence electrons. The highest BCUT2D eigenvalue weighted by Gasteiger charge is 2.47. The second kappa shape index (κ2) is 4.89. The molecule has 16 heavy (non-hydrogen) atoms. The molecule has 2 N–H and O–H groups in total. The molecule has 0 spiro atoms. The molecule has 0 bridgehead atoms. The van der Waals surface area contributed by atoms with E-state index in [1.165, 1.54) is 12.8 Å². The van der Waals surface area contributed by atoms with Gasteiger partial charge in [0.2, 0.25) is 0 Å². The Balaban J connectivity index is 2.72. The van der Waals surface area contributed by atoms with Crippen LogP contribution in [0.5, 0.6) is 0 Å². The molecule has 0 saturated heterocycles. The normalized spacial score (nSPS) is 35.8. The summed E-state index contributed by atoms with van der Waals surface area (Å²) < 4.78 is 5.05. The third-order valence-corrected chi connectivity index (χ3v) is 4.87. The Hall–Kier alpha value is -0.340. The van der Waals surface area contributed by atoms with Crippen LogP contribution in [0.15, 0.2) is 12.2 Å². The molecule has 0 amide bonds. The van der Waals surface area contributed by atoms with Crippen molar-refractivity contribution < 1.29 is 4.74 Å². The summed E-state index contributed by atoms with van der Waals surface area (Å²) in [7, 11) is 1.69. The lowest BCUT2D eigenvalue weighted by Gasteiger charge is -2.39. The highest BCUT2D eigenvalue weighted by molar-refractivity contribution is 5.11. The zero-order valence-electron chi connectivity index (χ0n) is 11.4. The van der Waals surface area contributed by atoms with Crippen molar-refractivity contribution in [3.63, 3.8) is 0 Å². The molecule has 2 nitrogen and oxygen atoms in total. The van der Waals surface area contributed by atoms with E-state index in [1.54, 1.807) is 7.11 Å². The lowest BCUT2D eigenvalue weighted by molar-refractivity contribution is 0.143. The smallest absolute Gasteiger partial charge is 0.0649 e. The molecule has 3 unspecified atom stereocenters. The molecule has 0 aromatic carbocycles. The van der Waals surface area contributed by atoms with Crippen LogP contribution in [-0.2, 0) is 4.74 Å². The van der Waals surface area contributed by atoms with Crippen LogP contribution in [0, 0.1) is 16.7 Å². The van der Waals surface area contributed by atoms with Crippen LogP contribution in [0.1, 0.15) is 40.5 Å². The maximum Gasteiger partial charge on any atom is 0.0649 e. The number of allylic oxidation sites excluding steroid dienone is 1. The van der Waals surface area contributed by atoms with E-state index in [4.69, 9.17) is 10.5 Å². The number of ether oxygens (including phenoxy) is 1. The lowest BCUT2D eigenvalue weighted by Crippen LogP contribution is -2.32. The fraction of sp³-hybridized carbons (Fsp3) is 0.857. The summed E-state index contributed by atoms with van der Waals surface area (Å²) in [5.74, 6) is 0.779. The number of methoxy groups -OCH3 is 1. The van der Waals surface area contributed by atoms with Crippen LogP contribution in [0.4, 0.5) is 0 Å². The van der Waals surface area contributed by atoms with Gasteiger partial charge < -0.3 is 10.5 Å². The van der Waals surface area contributed by atoms with Gasteiger partial charge in [-0.2, -0.15) is 0 Å². The van der Waals surface area contributed by atoms with Crippen molar-refractivity contribution in [1.82, 2.24) is 0 Å². The van der Waals surface area contributed by atoms with Gasteiger partial charge in [0.15, 0.2) is 0 Å². The molecular weight excluding hydrogens is 198 g/mol. The van der Waals surface area contributed by atoms with Gasteiger partial charge in [0, 0.05) is 13.2 Å². The summed E-state index contributed by atoms with van der Waals surface area (Å²) in [5, 5.41) is 0. The van der Waals surface area contributed by atoms with Gasteiger partial charge in [-0.1, -0.05) is 39.8 Å². The average Bonchev–Trinajstić information content (AvgIpc) is 2.41. The second-order valence-corrected chi connectivity index (χ2v) is 6.06. The van der Waals surface area contributed by atoms with E-state index in [1.807, 2.05) is 0 Å². The molecule has 3 atom stereocenters. The summed E-state index contributed by atoms with van der Waals surface area (Å²) >= 11 is 0. The van der Waals surface area contributed by atoms with E-state index in [9.17, 15) is 0 Å². The van der Waals surface area contributed by atoms with E-state index >= 15 is 0 Å². The average molecular weight is 225 g/mol. The van der Waals surface area contributed by atoms with Gasteiger partial charge in [0.05, 0.1) is 6.61 Å². The second-order valence-electron chi connectivity index (χ2n) is 6.06. The Labute approximate surface area is 100 Å². The fourth-order valence-electron chi connectivity index (χ4n) is 2.64. The standard InChI is InChI=1S/C14H27NO/c1-11-6-8-14(4,13(11,2)3)9-7-12(15)10-16-5/h7,9,11-12H,6,8,10,15H2,1-5H3. The molecule has 0 aliphatic heterocycles. The molecule has 1 saturated carbocycles. The van der Waals surface area contributed by atoms with Gasteiger partial charge in [-0.15, -0.1) is 0 Å². The minimum Gasteiger partial charge on any atom is -0.383 e. The highest BCUT2D eigenvalue weighted by Crippen LogP contribution is 2.56. The SMILES string of the molecule is COCC(N)C=CC1(C)CCC(C)C1(C)C. The molecule has 1 fully saturated rings. The van der Waals surface area contributed by atoms with Crippen LogP contribution >= 0.6 is 0 Å². The molecule has 0 aromatic rings. The minimum atomic E-state index is 0.0218. The van der Waals surface area contributed by atoms with Gasteiger partial charge in [-0.05, 0) is 29.6 Å². The Morgan fingerprint density at radius 3 is 2.50 bits per heavy atom. The Bertz CT molecular complexity index is 259. The first kappa shape index (κ1) is 13.7. The van der Waals surface area contributed by atoms with E-state index in [-0.39, 0.29) is 11.5 Å². The maximum absolute atomic E-state index is 5.93. The highest BCUT2D eigenvalue weighted by atomic mass is 16.5. The van der Waals surface area contributed by atoms with Crippen molar-refractivity contribution in [3.05, 3.63) is 12.2 Å². The fourth-order valence-corrected chi connectivity index (χ4v) is 2.64. The monoisotopic (exact) mass is 225 g/mol. The summed E-state index contributed by atoms with van der Waals surface area (Å²) in [4.78, 5) is 0. The van der Waals surface area contributed by atoms with Gasteiger partial charge >= 0.3 is 0 Å². The van der Waals surface area contributed by atoms with Crippen LogP contribution in [0.25, 0.3) is 0 Å². The quantitative estimate of drug-likeness (QED) is 0.747. The molecule has 1 aliphatic rings. The molecule has 1 rings (SSSR count). The Kier molecular flexibility index (Phi) is 4.19. The zero-order chi connectivity index (χ0) is 12.4. The Morgan fingerprint density at radius 1 is 1.44 bits per heavy atom. The van der Waals surface area contributed by atoms with Crippen LogP contribution in [-0.4, -0.2) is 19.8 Å². The van der Waals surface area contributed by atoms with Crippen molar-refractivity contribution in [2.75, 3.05) is 13.7 Å². The van der Waals surface area contributed by atoms with E-state index < -0.39 is 0 Å². The van der Waals surface area contributed by atoms with E-state index in [0.29, 0.717) is 12.0 Å². The van der Waals surface area contributed by atoms with Crippen molar-refractivity contribution in [2.24, 2.45) is 22.5 Å². The van der Waals surface area contributed by atoms with Gasteiger partial charge in [0.1, 0.15) is 0 Å². The van der Waals surface area contributed by atoms with Gasteiger partial charge in [0.25, 0.3) is 0 Å². The molecule has 0 radical (unpaired) electrons. The predicted molar refractivity (Wildman–Crippen MR) is 69.3 cm³/mol. The third kappa shape index (κ3) is 2.49. The summed E-state index contributed by atoms with van der Waals surface area (Å²) in [6.07, 6.45) is 7.01. The number of nitrogens with two attached hydrogens (primary N) is 1. The third-order valence-electron chi connectivity index (χ3n) is 4.87. The first-order valence-corrected chi connectivity index (χ1v) is 6.27. The number of hydrogen-bond donors (Lipinski definition) is 1. The van der Waals surface area contributed by atoms with Crippen molar-refractivity contribution in [3.8, 4) is 0 Å². The van der Waals surface area contributed by atoms with E-state index in [0.717, 1.165) is 5.92 Å². The first-order valence-electron chi connectivity index (χ1n) is 6.27. The van der Waals surface area contributed by atoms with Crippen molar-refractivity contribution in [2.45, 2.75) is 46.6 Å². The van der Waals surface area contributed by atoms with Crippen LogP contribution in [0.3, 0.4) is 0 Å². The first-order chi connectivity index (χ1) is 7.33. The summed E-state index contributed by atoms with van der Waals surface area (Å²) in [5.41, 5.74) is 6.57. The number of rotatable bonds is 4. The topological polar surface area (TPSA) is 35.2 Å².